The van der Waals surface area contributed by atoms with E-state index in [-0.39, 0.29) is 11.6 Å². The van der Waals surface area contributed by atoms with Gasteiger partial charge in [0.05, 0.1) is 5.56 Å². The van der Waals surface area contributed by atoms with Gasteiger partial charge >= 0.3 is 5.97 Å². The maximum absolute atomic E-state index is 13.4. The predicted molar refractivity (Wildman–Crippen MR) is 152 cm³/mol. The van der Waals surface area contributed by atoms with Gasteiger partial charge in [0.15, 0.2) is 17.5 Å². The number of carbonyl (C=O) groups excluding carboxylic acids is 5. The van der Waals surface area contributed by atoms with Gasteiger partial charge in [-0.15, -0.1) is 17.2 Å². The first-order chi connectivity index (χ1) is 20.5. The average Bonchev–Trinajstić information content (AvgIpc) is 3.77. The number of fused-ring (bicyclic) bond motifs is 1. The Morgan fingerprint density at radius 1 is 1.09 bits per heavy atom. The van der Waals surface area contributed by atoms with Crippen molar-refractivity contribution in [1.82, 2.24) is 26.4 Å². The Morgan fingerprint density at radius 3 is 2.51 bits per heavy atom. The van der Waals surface area contributed by atoms with Crippen LogP contribution in [0.15, 0.2) is 53.6 Å². The third kappa shape index (κ3) is 6.10. The summed E-state index contributed by atoms with van der Waals surface area (Å²) in [4.78, 5) is 70.7. The Hall–Kier alpha value is -5.07. The van der Waals surface area contributed by atoms with E-state index in [0.717, 1.165) is 6.21 Å². The zero-order chi connectivity index (χ0) is 30.9. The molecule has 6 N–H and O–H groups in total. The minimum Gasteiger partial charge on any atom is -0.504 e. The Labute approximate surface area is 249 Å². The molecule has 2 aliphatic heterocycles. The number of hydroxylamine groups is 1. The molecule has 0 saturated carbocycles. The van der Waals surface area contributed by atoms with E-state index in [1.54, 1.807) is 44.2 Å². The summed E-state index contributed by atoms with van der Waals surface area (Å²) in [5.74, 6) is 0.684. The molecule has 5 rings (SSSR count). The molecule has 2 heterocycles. The minimum atomic E-state index is -1.24. The van der Waals surface area contributed by atoms with Gasteiger partial charge in [-0.3, -0.25) is 19.2 Å². The third-order valence-electron chi connectivity index (χ3n) is 6.82. The summed E-state index contributed by atoms with van der Waals surface area (Å²) in [6.45, 7) is 3.60. The molecule has 0 aromatic heterocycles. The fraction of sp³-hybridized carbons (Fsp3) is 0.286. The fourth-order valence-corrected chi connectivity index (χ4v) is 6.31. The van der Waals surface area contributed by atoms with E-state index in [2.05, 4.69) is 38.5 Å². The molecular weight excluding hydrogens is 580 g/mol. The molecule has 2 saturated heterocycles. The Kier molecular flexibility index (Phi) is 7.98. The van der Waals surface area contributed by atoms with Gasteiger partial charge in [-0.2, -0.15) is 5.10 Å². The highest BCUT2D eigenvalue weighted by molar-refractivity contribution is 8.01. The van der Waals surface area contributed by atoms with Crippen LogP contribution in [-0.2, 0) is 24.0 Å². The lowest BCUT2D eigenvalue weighted by molar-refractivity contribution is -0.169. The maximum atomic E-state index is 13.4. The number of hydrogen-bond donors (Lipinski definition) is 6. The normalized spacial score (nSPS) is 22.0. The number of benzene rings is 2. The molecule has 3 aliphatic rings. The molecule has 15 heteroatoms. The first kappa shape index (κ1) is 29.4. The average molecular weight is 607 g/mol. The van der Waals surface area contributed by atoms with E-state index >= 15 is 0 Å². The van der Waals surface area contributed by atoms with Gasteiger partial charge in [0.2, 0.25) is 11.8 Å². The van der Waals surface area contributed by atoms with Crippen LogP contribution in [0.1, 0.15) is 35.8 Å². The number of aromatic hydroxyl groups is 2. The number of amides is 4. The van der Waals surface area contributed by atoms with Crippen molar-refractivity contribution >= 4 is 47.6 Å². The summed E-state index contributed by atoms with van der Waals surface area (Å²) >= 11 is 1.34. The van der Waals surface area contributed by atoms with Crippen molar-refractivity contribution in [2.75, 3.05) is 0 Å². The number of hydrogen-bond acceptors (Lipinski definition) is 11. The lowest BCUT2D eigenvalue weighted by atomic mass is 9.95. The molecule has 14 nitrogen and oxygen atoms in total. The standard InChI is InChI=1S/C28H26N6O8S/c1-28(2)22(27(41)42-33-15-11-12-15)34-25(40)20(26(34)43-28)31-24(39)19(14-7-4-3-5-8-14)30-18(36)13-29-32-23(38)16-9-6-10-17(35)21(16)37/h3-10,13,15,19-20,22,26,33,35,37H,1-2H3,(H,30,36)(H,31,39)(H,32,38)/b29-13+. The molecule has 4 atom stereocenters. The van der Waals surface area contributed by atoms with Crippen LogP contribution in [0.2, 0.25) is 0 Å². The van der Waals surface area contributed by atoms with Gasteiger partial charge in [-0.25, -0.2) is 10.2 Å². The summed E-state index contributed by atoms with van der Waals surface area (Å²) in [5.41, 5.74) is 4.69. The van der Waals surface area contributed by atoms with Crippen LogP contribution in [0.4, 0.5) is 0 Å². The van der Waals surface area contributed by atoms with Crippen LogP contribution in [0, 0.1) is 11.8 Å². The predicted octanol–water partition coefficient (Wildman–Crippen LogP) is -0.349. The molecule has 222 valence electrons. The second kappa shape index (κ2) is 11.7. The van der Waals surface area contributed by atoms with Gasteiger partial charge in [0.1, 0.15) is 29.7 Å². The largest absolute Gasteiger partial charge is 0.504 e. The second-order valence-corrected chi connectivity index (χ2v) is 12.0. The quantitative estimate of drug-likeness (QED) is 0.0683. The fourth-order valence-electron chi connectivity index (χ4n) is 4.69. The maximum Gasteiger partial charge on any atom is 0.349 e. The van der Waals surface area contributed by atoms with Crippen molar-refractivity contribution < 1.29 is 39.0 Å². The number of rotatable bonds is 10. The number of thioether (sulfide) groups is 1. The minimum absolute atomic E-state index is 0.269. The lowest BCUT2D eigenvalue weighted by Gasteiger charge is -2.44. The van der Waals surface area contributed by atoms with Crippen LogP contribution in [0.25, 0.3) is 0 Å². The van der Waals surface area contributed by atoms with Crippen molar-refractivity contribution in [2.24, 2.45) is 5.10 Å². The molecule has 2 aromatic carbocycles. The lowest BCUT2D eigenvalue weighted by Crippen LogP contribution is -2.71. The Morgan fingerprint density at radius 2 is 1.81 bits per heavy atom. The van der Waals surface area contributed by atoms with Gasteiger partial charge < -0.3 is 30.6 Å². The van der Waals surface area contributed by atoms with Crippen LogP contribution in [-0.4, -0.2) is 79.2 Å². The molecule has 43 heavy (non-hydrogen) atoms. The first-order valence-corrected chi connectivity index (χ1v) is 13.8. The van der Waals surface area contributed by atoms with E-state index in [4.69, 9.17) is 4.84 Å². The number of β-lactam (4-membered cyclic amide) rings is 1. The highest BCUT2D eigenvalue weighted by Crippen LogP contribution is 2.51. The first-order valence-electron chi connectivity index (χ1n) is 13.0. The molecule has 0 bridgehead atoms. The molecule has 4 amide bonds. The van der Waals surface area contributed by atoms with E-state index in [0.29, 0.717) is 5.56 Å². The van der Waals surface area contributed by atoms with Crippen LogP contribution >= 0.6 is 11.8 Å². The molecule has 0 radical (unpaired) electrons. The van der Waals surface area contributed by atoms with Gasteiger partial charge in [-0.05, 0) is 31.5 Å². The Bertz CT molecular complexity index is 1580. The molecule has 2 fully saturated rings. The smallest absolute Gasteiger partial charge is 0.349 e. The van der Waals surface area contributed by atoms with Gasteiger partial charge in [-0.1, -0.05) is 48.2 Å². The van der Waals surface area contributed by atoms with Gasteiger partial charge in [0.25, 0.3) is 11.8 Å². The van der Waals surface area contributed by atoms with Crippen LogP contribution < -0.4 is 21.5 Å². The Balaban J connectivity index is 1.23. The summed E-state index contributed by atoms with van der Waals surface area (Å²) in [5, 5.41) is 27.6. The SMILES string of the molecule is CC1(C)SC2C(NC(=O)C(NC(=O)/C=N/NC(=O)c3cccc(O)c3O)c3ccccc3)C(=O)N2C1C(=O)ONC1C#C1. The topological polar surface area (TPSA) is 199 Å². The van der Waals surface area contributed by atoms with Crippen molar-refractivity contribution in [2.45, 2.75) is 48.1 Å². The molecule has 2 aromatic rings. The summed E-state index contributed by atoms with van der Waals surface area (Å²) < 4.78 is -0.716. The highest BCUT2D eigenvalue weighted by Gasteiger charge is 2.64. The van der Waals surface area contributed by atoms with Crippen molar-refractivity contribution in [1.29, 1.82) is 0 Å². The van der Waals surface area contributed by atoms with Crippen LogP contribution in [0.5, 0.6) is 11.5 Å². The van der Waals surface area contributed by atoms with E-state index < -0.39 is 69.3 Å². The number of phenols is 2. The molecular formula is C28H26N6O8S. The van der Waals surface area contributed by atoms with E-state index in [9.17, 15) is 34.2 Å². The van der Waals surface area contributed by atoms with Crippen molar-refractivity contribution in [3.05, 3.63) is 59.7 Å². The second-order valence-electron chi connectivity index (χ2n) is 10.2. The number of phenolic OH excluding ortho intramolecular Hbond substituents is 2. The third-order valence-corrected chi connectivity index (χ3v) is 8.39. The van der Waals surface area contributed by atoms with Crippen molar-refractivity contribution in [3.63, 3.8) is 0 Å². The van der Waals surface area contributed by atoms with E-state index in [1.807, 2.05) is 0 Å². The molecule has 0 spiro atoms. The van der Waals surface area contributed by atoms with Crippen LogP contribution in [0.3, 0.4) is 0 Å². The number of carbonyl (C=O) groups is 5. The highest BCUT2D eigenvalue weighted by atomic mass is 32.2. The number of nitrogens with zero attached hydrogens (tertiary/aromatic N) is 2. The molecule has 1 aliphatic carbocycles. The summed E-state index contributed by atoms with van der Waals surface area (Å²) in [7, 11) is 0. The van der Waals surface area contributed by atoms with Crippen molar-refractivity contribution in [3.8, 4) is 23.3 Å². The van der Waals surface area contributed by atoms with Gasteiger partial charge in [0, 0.05) is 4.75 Å². The summed E-state index contributed by atoms with van der Waals surface area (Å²) in [6.07, 6.45) is 0.726. The zero-order valence-corrected chi connectivity index (χ0v) is 23.5. The van der Waals surface area contributed by atoms with E-state index in [1.165, 1.54) is 34.9 Å². The molecule has 4 unspecified atom stereocenters. The number of nitrogens with one attached hydrogen (secondary N) is 4. The zero-order valence-electron chi connectivity index (χ0n) is 22.7. The monoisotopic (exact) mass is 606 g/mol. The number of hydrazone groups is 1. The number of para-hydroxylation sites is 1. The summed E-state index contributed by atoms with van der Waals surface area (Å²) in [6, 6.07) is 8.59.